The zero-order chi connectivity index (χ0) is 24.0. The van der Waals surface area contributed by atoms with Crippen molar-refractivity contribution >= 4 is 51.7 Å². The fraction of sp³-hybridized carbons (Fsp3) is 0.360. The Morgan fingerprint density at radius 2 is 1.97 bits per heavy atom. The van der Waals surface area contributed by atoms with Gasteiger partial charge in [0.1, 0.15) is 21.5 Å². The van der Waals surface area contributed by atoms with E-state index in [9.17, 15) is 9.59 Å². The number of rotatable bonds is 4. The molecule has 0 radical (unpaired) electrons. The number of aryl methyl sites for hydroxylation is 1. The SMILES string of the molecule is Cc1cccn2c(=O)c(/C=C3/SC(=S)N(Cc4ccco4)C3=O)c(N3C[C@H](C)C[C@H](C)C3)nc12. The molecule has 7 nitrogen and oxygen atoms in total. The van der Waals surface area contributed by atoms with E-state index in [4.69, 9.17) is 21.6 Å². The second-order valence-corrected chi connectivity index (χ2v) is 10.9. The molecule has 2 aliphatic heterocycles. The summed E-state index contributed by atoms with van der Waals surface area (Å²) in [6.45, 7) is 8.30. The molecule has 3 aromatic rings. The molecule has 5 heterocycles. The van der Waals surface area contributed by atoms with Crippen LogP contribution in [0.15, 0.2) is 50.8 Å². The van der Waals surface area contributed by atoms with Crippen LogP contribution < -0.4 is 10.5 Å². The van der Waals surface area contributed by atoms with Crippen LogP contribution in [-0.4, -0.2) is 37.6 Å². The van der Waals surface area contributed by atoms with E-state index in [0.29, 0.717) is 43.9 Å². The summed E-state index contributed by atoms with van der Waals surface area (Å²) in [5.74, 6) is 2.03. The molecule has 2 atom stereocenters. The molecule has 0 unspecified atom stereocenters. The van der Waals surface area contributed by atoms with Gasteiger partial charge in [-0.05, 0) is 55.0 Å². The lowest BCUT2D eigenvalue weighted by molar-refractivity contribution is -0.122. The molecule has 5 rings (SSSR count). The van der Waals surface area contributed by atoms with Crippen molar-refractivity contribution in [3.8, 4) is 0 Å². The highest BCUT2D eigenvalue weighted by Gasteiger charge is 2.34. The zero-order valence-corrected chi connectivity index (χ0v) is 21.0. The highest BCUT2D eigenvalue weighted by atomic mass is 32.2. The lowest BCUT2D eigenvalue weighted by Crippen LogP contribution is -2.40. The summed E-state index contributed by atoms with van der Waals surface area (Å²) >= 11 is 6.68. The van der Waals surface area contributed by atoms with E-state index in [1.54, 1.807) is 35.1 Å². The second-order valence-electron chi connectivity index (χ2n) is 9.24. The molecule has 176 valence electrons. The molecule has 0 aliphatic carbocycles. The van der Waals surface area contributed by atoms with Gasteiger partial charge in [0.15, 0.2) is 0 Å². The predicted molar refractivity (Wildman–Crippen MR) is 139 cm³/mol. The van der Waals surface area contributed by atoms with Crippen LogP contribution in [-0.2, 0) is 11.3 Å². The van der Waals surface area contributed by atoms with Crippen LogP contribution in [0.4, 0.5) is 5.82 Å². The van der Waals surface area contributed by atoms with Crippen molar-refractivity contribution < 1.29 is 9.21 Å². The third kappa shape index (κ3) is 4.18. The number of pyridine rings is 1. The fourth-order valence-corrected chi connectivity index (χ4v) is 6.07. The van der Waals surface area contributed by atoms with Crippen molar-refractivity contribution in [1.29, 1.82) is 0 Å². The van der Waals surface area contributed by atoms with E-state index >= 15 is 0 Å². The quantitative estimate of drug-likeness (QED) is 0.391. The predicted octanol–water partition coefficient (Wildman–Crippen LogP) is 4.48. The minimum Gasteiger partial charge on any atom is -0.467 e. The van der Waals surface area contributed by atoms with Crippen molar-refractivity contribution in [2.45, 2.75) is 33.7 Å². The van der Waals surface area contributed by atoms with Gasteiger partial charge in [0.25, 0.3) is 11.5 Å². The van der Waals surface area contributed by atoms with Crippen molar-refractivity contribution in [3.05, 3.63) is 68.9 Å². The summed E-state index contributed by atoms with van der Waals surface area (Å²) in [7, 11) is 0. The van der Waals surface area contributed by atoms with E-state index in [-0.39, 0.29) is 18.0 Å². The number of carbonyl (C=O) groups is 1. The summed E-state index contributed by atoms with van der Waals surface area (Å²) in [5.41, 5.74) is 1.79. The van der Waals surface area contributed by atoms with Gasteiger partial charge in [-0.15, -0.1) is 0 Å². The molecule has 9 heteroatoms. The number of amides is 1. The molecule has 0 N–H and O–H groups in total. The molecule has 1 amide bonds. The minimum atomic E-state index is -0.230. The molecule has 0 bridgehead atoms. The van der Waals surface area contributed by atoms with E-state index < -0.39 is 0 Å². The molecule has 0 aromatic carbocycles. The summed E-state index contributed by atoms with van der Waals surface area (Å²) in [4.78, 5) is 36.0. The lowest BCUT2D eigenvalue weighted by atomic mass is 9.91. The summed E-state index contributed by atoms with van der Waals surface area (Å²) in [6.07, 6.45) is 6.11. The Morgan fingerprint density at radius 3 is 2.68 bits per heavy atom. The Labute approximate surface area is 207 Å². The standard InChI is InChI=1S/C25H26N4O3S2/c1-15-10-16(2)13-27(12-15)22-19(23(30)28-8-4-6-17(3)21(28)26-22)11-20-24(31)29(25(33)34-20)14-18-7-5-9-32-18/h4-9,11,15-16H,10,12-14H2,1-3H3/b20-11+/t15-,16+. The third-order valence-corrected chi connectivity index (χ3v) is 7.65. The Hall–Kier alpha value is -2.91. The number of furan rings is 1. The smallest absolute Gasteiger partial charge is 0.267 e. The number of hydrogen-bond donors (Lipinski definition) is 0. The average Bonchev–Trinajstić information content (AvgIpc) is 3.39. The van der Waals surface area contributed by atoms with Gasteiger partial charge in [-0.25, -0.2) is 4.98 Å². The Kier molecular flexibility index (Phi) is 6.07. The van der Waals surface area contributed by atoms with Gasteiger partial charge in [-0.1, -0.05) is 43.9 Å². The number of piperidine rings is 1. The highest BCUT2D eigenvalue weighted by molar-refractivity contribution is 8.26. The number of carbonyl (C=O) groups excluding carboxylic acids is 1. The Bertz CT molecular complexity index is 1350. The summed E-state index contributed by atoms with van der Waals surface area (Å²) in [6, 6.07) is 7.37. The van der Waals surface area contributed by atoms with Gasteiger partial charge < -0.3 is 9.32 Å². The van der Waals surface area contributed by atoms with E-state index in [1.165, 1.54) is 16.7 Å². The van der Waals surface area contributed by atoms with Crippen LogP contribution in [0.2, 0.25) is 0 Å². The second kappa shape index (κ2) is 9.03. The van der Waals surface area contributed by atoms with Gasteiger partial charge >= 0.3 is 0 Å². The van der Waals surface area contributed by atoms with Crippen molar-refractivity contribution in [2.24, 2.45) is 11.8 Å². The van der Waals surface area contributed by atoms with Gasteiger partial charge in [0.05, 0.1) is 23.3 Å². The number of thioether (sulfide) groups is 1. The number of hydrogen-bond acceptors (Lipinski definition) is 7. The largest absolute Gasteiger partial charge is 0.467 e. The monoisotopic (exact) mass is 494 g/mol. The number of thiocarbonyl (C=S) groups is 1. The van der Waals surface area contributed by atoms with Gasteiger partial charge in [-0.3, -0.25) is 18.9 Å². The Balaban J connectivity index is 1.61. The molecule has 0 spiro atoms. The maximum atomic E-state index is 13.7. The number of anilines is 1. The zero-order valence-electron chi connectivity index (χ0n) is 19.4. The van der Waals surface area contributed by atoms with Crippen LogP contribution >= 0.6 is 24.0 Å². The number of aromatic nitrogens is 2. The van der Waals surface area contributed by atoms with E-state index in [2.05, 4.69) is 18.7 Å². The molecule has 2 aliphatic rings. The normalized spacial score (nSPS) is 22.4. The Morgan fingerprint density at radius 1 is 1.21 bits per heavy atom. The minimum absolute atomic E-state index is 0.189. The van der Waals surface area contributed by atoms with Crippen LogP contribution in [0.3, 0.4) is 0 Å². The number of nitrogens with zero attached hydrogens (tertiary/aromatic N) is 4. The van der Waals surface area contributed by atoms with Crippen LogP contribution in [0, 0.1) is 18.8 Å². The molecule has 0 saturated carbocycles. The van der Waals surface area contributed by atoms with Gasteiger partial charge in [0.2, 0.25) is 0 Å². The highest BCUT2D eigenvalue weighted by Crippen LogP contribution is 2.35. The molecule has 2 saturated heterocycles. The lowest BCUT2D eigenvalue weighted by Gasteiger charge is -2.36. The first-order chi connectivity index (χ1) is 16.3. The first-order valence-corrected chi connectivity index (χ1v) is 12.6. The maximum absolute atomic E-state index is 13.7. The third-order valence-electron chi connectivity index (χ3n) is 6.28. The van der Waals surface area contributed by atoms with E-state index in [0.717, 1.165) is 25.1 Å². The average molecular weight is 495 g/mol. The van der Waals surface area contributed by atoms with Crippen LogP contribution in [0.25, 0.3) is 11.7 Å². The maximum Gasteiger partial charge on any atom is 0.267 e. The van der Waals surface area contributed by atoms with Crippen molar-refractivity contribution in [3.63, 3.8) is 0 Å². The van der Waals surface area contributed by atoms with Gasteiger partial charge in [-0.2, -0.15) is 0 Å². The molecule has 2 fully saturated rings. The van der Waals surface area contributed by atoms with Crippen molar-refractivity contribution in [2.75, 3.05) is 18.0 Å². The molecular weight excluding hydrogens is 468 g/mol. The van der Waals surface area contributed by atoms with Crippen molar-refractivity contribution in [1.82, 2.24) is 14.3 Å². The van der Waals surface area contributed by atoms with Gasteiger partial charge in [0, 0.05) is 19.3 Å². The molecule has 34 heavy (non-hydrogen) atoms. The van der Waals surface area contributed by atoms with Crippen LogP contribution in [0.5, 0.6) is 0 Å². The first kappa shape index (κ1) is 22.9. The molecule has 3 aromatic heterocycles. The summed E-state index contributed by atoms with van der Waals surface area (Å²) in [5, 5.41) is 0. The topological polar surface area (TPSA) is 71.1 Å². The summed E-state index contributed by atoms with van der Waals surface area (Å²) < 4.78 is 7.39. The fourth-order valence-electron chi connectivity index (χ4n) is 4.83. The van der Waals surface area contributed by atoms with E-state index in [1.807, 2.05) is 19.1 Å². The molecular formula is C25H26N4O3S2. The van der Waals surface area contributed by atoms with Crippen LogP contribution in [0.1, 0.15) is 37.2 Å². The first-order valence-electron chi connectivity index (χ1n) is 11.4. The number of fused-ring (bicyclic) bond motifs is 1.